The number of hydrogen-bond acceptors (Lipinski definition) is 3. The van der Waals surface area contributed by atoms with Gasteiger partial charge in [0.1, 0.15) is 11.3 Å². The predicted octanol–water partition coefficient (Wildman–Crippen LogP) is 2.83. The number of carboxylic acid groups (broad SMARTS) is 1. The number of aromatic amines is 1. The lowest BCUT2D eigenvalue weighted by Crippen LogP contribution is -1.95. The summed E-state index contributed by atoms with van der Waals surface area (Å²) in [5, 5.41) is 16.2. The summed E-state index contributed by atoms with van der Waals surface area (Å²) in [5.41, 5.74) is 2.42. The van der Waals surface area contributed by atoms with Crippen molar-refractivity contribution in [3.63, 3.8) is 0 Å². The van der Waals surface area contributed by atoms with Crippen LogP contribution in [-0.4, -0.2) is 21.3 Å². The van der Waals surface area contributed by atoms with E-state index in [2.05, 4.69) is 10.2 Å². The van der Waals surface area contributed by atoms with Gasteiger partial charge in [-0.15, -0.1) is 0 Å². The lowest BCUT2D eigenvalue weighted by Gasteiger charge is -1.90. The Morgan fingerprint density at radius 2 is 2.22 bits per heavy atom. The van der Waals surface area contributed by atoms with Crippen LogP contribution in [-0.2, 0) is 0 Å². The average Bonchev–Trinajstić information content (AvgIpc) is 2.95. The number of aryl methyl sites for hydroxylation is 1. The Morgan fingerprint density at radius 1 is 1.39 bits per heavy atom. The number of carbonyl (C=O) groups is 1. The average molecular weight is 242 g/mol. The van der Waals surface area contributed by atoms with Gasteiger partial charge in [-0.2, -0.15) is 5.10 Å². The first-order chi connectivity index (χ1) is 8.65. The van der Waals surface area contributed by atoms with E-state index in [0.29, 0.717) is 11.5 Å². The van der Waals surface area contributed by atoms with Crippen LogP contribution in [0.3, 0.4) is 0 Å². The van der Waals surface area contributed by atoms with Crippen molar-refractivity contribution < 1.29 is 14.3 Å². The van der Waals surface area contributed by atoms with Crippen molar-refractivity contribution in [3.8, 4) is 11.5 Å². The Balaban J connectivity index is 2.13. The molecule has 0 bridgehead atoms. The van der Waals surface area contributed by atoms with Gasteiger partial charge in [-0.05, 0) is 24.6 Å². The predicted molar refractivity (Wildman–Crippen MR) is 65.5 cm³/mol. The molecule has 0 unspecified atom stereocenters. The van der Waals surface area contributed by atoms with Gasteiger partial charge in [0.2, 0.25) is 0 Å². The molecule has 3 aromatic rings. The molecular formula is C13H10N2O3. The van der Waals surface area contributed by atoms with E-state index in [-0.39, 0.29) is 5.69 Å². The third-order valence-corrected chi connectivity index (χ3v) is 2.84. The van der Waals surface area contributed by atoms with E-state index in [4.69, 9.17) is 9.52 Å². The van der Waals surface area contributed by atoms with Crippen LogP contribution in [0, 0.1) is 6.92 Å². The second kappa shape index (κ2) is 3.73. The molecule has 0 amide bonds. The van der Waals surface area contributed by atoms with Crippen LogP contribution in [0.5, 0.6) is 0 Å². The first-order valence-corrected chi connectivity index (χ1v) is 5.43. The Bertz CT molecular complexity index is 740. The molecule has 0 aliphatic carbocycles. The molecule has 0 aliphatic heterocycles. The highest BCUT2D eigenvalue weighted by Crippen LogP contribution is 2.28. The molecule has 0 saturated heterocycles. The molecule has 0 radical (unpaired) electrons. The summed E-state index contributed by atoms with van der Waals surface area (Å²) >= 11 is 0. The number of aromatic nitrogens is 2. The smallest absolute Gasteiger partial charge is 0.356 e. The summed E-state index contributed by atoms with van der Waals surface area (Å²) < 4.78 is 5.66. The number of hydrogen-bond donors (Lipinski definition) is 2. The summed E-state index contributed by atoms with van der Waals surface area (Å²) in [4.78, 5) is 10.8. The highest BCUT2D eigenvalue weighted by Gasteiger charge is 2.13. The highest BCUT2D eigenvalue weighted by atomic mass is 16.4. The number of aromatic carboxylic acids is 1. The number of H-pyrrole nitrogens is 1. The maximum Gasteiger partial charge on any atom is 0.356 e. The summed E-state index contributed by atoms with van der Waals surface area (Å²) in [6.45, 7) is 2.00. The molecule has 2 heterocycles. The third-order valence-electron chi connectivity index (χ3n) is 2.84. The van der Waals surface area contributed by atoms with E-state index in [0.717, 1.165) is 16.5 Å². The maximum atomic E-state index is 10.8. The molecule has 1 aromatic carbocycles. The lowest BCUT2D eigenvalue weighted by atomic mass is 10.1. The van der Waals surface area contributed by atoms with Crippen LogP contribution in [0.2, 0.25) is 0 Å². The van der Waals surface area contributed by atoms with Gasteiger partial charge in [-0.25, -0.2) is 4.79 Å². The largest absolute Gasteiger partial charge is 0.476 e. The van der Waals surface area contributed by atoms with E-state index in [1.807, 2.05) is 31.2 Å². The summed E-state index contributed by atoms with van der Waals surface area (Å²) in [5.74, 6) is -0.482. The fourth-order valence-corrected chi connectivity index (χ4v) is 1.90. The van der Waals surface area contributed by atoms with Crippen LogP contribution in [0.15, 0.2) is 34.7 Å². The number of furan rings is 1. The molecule has 5 heteroatoms. The number of nitrogens with one attached hydrogen (secondary N) is 1. The zero-order chi connectivity index (χ0) is 12.7. The van der Waals surface area contributed by atoms with Crippen molar-refractivity contribution in [2.75, 3.05) is 0 Å². The Kier molecular flexibility index (Phi) is 2.19. The molecule has 0 spiro atoms. The summed E-state index contributed by atoms with van der Waals surface area (Å²) in [6.07, 6.45) is 0. The fourth-order valence-electron chi connectivity index (χ4n) is 1.90. The molecule has 5 nitrogen and oxygen atoms in total. The van der Waals surface area contributed by atoms with Gasteiger partial charge in [0, 0.05) is 11.5 Å². The highest BCUT2D eigenvalue weighted by molar-refractivity contribution is 5.88. The molecular weight excluding hydrogens is 232 g/mol. The second-order valence-electron chi connectivity index (χ2n) is 4.07. The Labute approximate surface area is 102 Å². The van der Waals surface area contributed by atoms with Crippen molar-refractivity contribution >= 4 is 16.9 Å². The standard InChI is InChI=1S/C13H10N2O3/c1-7-3-2-4-11-8(7)5-12(18-11)9-6-10(13(16)17)15-14-9/h2-6H,1H3,(H,14,15)(H,16,17). The first kappa shape index (κ1) is 10.6. The summed E-state index contributed by atoms with van der Waals surface area (Å²) in [6, 6.07) is 9.12. The molecule has 2 aromatic heterocycles. The molecule has 18 heavy (non-hydrogen) atoms. The van der Waals surface area contributed by atoms with E-state index < -0.39 is 5.97 Å². The number of benzene rings is 1. The normalized spacial score (nSPS) is 10.9. The minimum Gasteiger partial charge on any atom is -0.476 e. The van der Waals surface area contributed by atoms with Crippen LogP contribution >= 0.6 is 0 Å². The molecule has 3 rings (SSSR count). The van der Waals surface area contributed by atoms with Gasteiger partial charge in [-0.3, -0.25) is 5.10 Å². The zero-order valence-corrected chi connectivity index (χ0v) is 9.60. The number of rotatable bonds is 2. The lowest BCUT2D eigenvalue weighted by molar-refractivity contribution is 0.0690. The van der Waals surface area contributed by atoms with Gasteiger partial charge in [-0.1, -0.05) is 12.1 Å². The SMILES string of the molecule is Cc1cccc2oc(-c3cc(C(=O)O)n[nH]3)cc12. The van der Waals surface area contributed by atoms with Crippen molar-refractivity contribution in [3.05, 3.63) is 41.6 Å². The molecule has 0 atom stereocenters. The van der Waals surface area contributed by atoms with Gasteiger partial charge in [0.05, 0.1) is 0 Å². The topological polar surface area (TPSA) is 79.1 Å². The van der Waals surface area contributed by atoms with Crippen LogP contribution in [0.1, 0.15) is 16.1 Å². The second-order valence-corrected chi connectivity index (χ2v) is 4.07. The molecule has 0 fully saturated rings. The molecule has 90 valence electrons. The monoisotopic (exact) mass is 242 g/mol. The minimum absolute atomic E-state index is 0.0258. The zero-order valence-electron chi connectivity index (χ0n) is 9.60. The number of nitrogens with zero attached hydrogens (tertiary/aromatic N) is 1. The van der Waals surface area contributed by atoms with E-state index >= 15 is 0 Å². The van der Waals surface area contributed by atoms with Crippen LogP contribution in [0.4, 0.5) is 0 Å². The van der Waals surface area contributed by atoms with Gasteiger partial charge in [0.15, 0.2) is 11.5 Å². The molecule has 0 aliphatic rings. The van der Waals surface area contributed by atoms with Crippen molar-refractivity contribution in [1.82, 2.24) is 10.2 Å². The van der Waals surface area contributed by atoms with Crippen LogP contribution in [0.25, 0.3) is 22.4 Å². The Hall–Kier alpha value is -2.56. The minimum atomic E-state index is -1.07. The first-order valence-electron chi connectivity index (χ1n) is 5.43. The molecule has 2 N–H and O–H groups in total. The van der Waals surface area contributed by atoms with Crippen molar-refractivity contribution in [2.24, 2.45) is 0 Å². The molecule has 0 saturated carbocycles. The third kappa shape index (κ3) is 1.57. The quantitative estimate of drug-likeness (QED) is 0.724. The number of fused-ring (bicyclic) bond motifs is 1. The maximum absolute atomic E-state index is 10.8. The van der Waals surface area contributed by atoms with E-state index in [1.165, 1.54) is 6.07 Å². The van der Waals surface area contributed by atoms with Crippen LogP contribution < -0.4 is 0 Å². The van der Waals surface area contributed by atoms with Gasteiger partial charge >= 0.3 is 5.97 Å². The van der Waals surface area contributed by atoms with Crippen molar-refractivity contribution in [1.29, 1.82) is 0 Å². The number of carboxylic acids is 1. The van der Waals surface area contributed by atoms with E-state index in [9.17, 15) is 4.79 Å². The van der Waals surface area contributed by atoms with Gasteiger partial charge in [0.25, 0.3) is 0 Å². The van der Waals surface area contributed by atoms with Crippen molar-refractivity contribution in [2.45, 2.75) is 6.92 Å². The summed E-state index contributed by atoms with van der Waals surface area (Å²) in [7, 11) is 0. The Morgan fingerprint density at radius 3 is 2.89 bits per heavy atom. The fraction of sp³-hybridized carbons (Fsp3) is 0.0769. The van der Waals surface area contributed by atoms with Gasteiger partial charge < -0.3 is 9.52 Å². The van der Waals surface area contributed by atoms with E-state index in [1.54, 1.807) is 0 Å².